The lowest BCUT2D eigenvalue weighted by Crippen LogP contribution is -2.14. The highest BCUT2D eigenvalue weighted by atomic mass is 35.5. The van der Waals surface area contributed by atoms with Crippen molar-refractivity contribution in [2.24, 2.45) is 0 Å². The van der Waals surface area contributed by atoms with Gasteiger partial charge < -0.3 is 5.11 Å². The first-order valence-corrected chi connectivity index (χ1v) is 7.26. The van der Waals surface area contributed by atoms with Crippen molar-refractivity contribution < 1.29 is 9.50 Å². The number of aliphatic hydroxyl groups excluding tert-OH is 1. The molecule has 1 unspecified atom stereocenters. The van der Waals surface area contributed by atoms with Crippen molar-refractivity contribution in [2.45, 2.75) is 31.3 Å². The zero-order valence-electron chi connectivity index (χ0n) is 11.0. The second-order valence-corrected chi connectivity index (χ2v) is 5.76. The highest BCUT2D eigenvalue weighted by molar-refractivity contribution is 6.30. The third-order valence-corrected chi connectivity index (χ3v) is 4.33. The predicted octanol–water partition coefficient (Wildman–Crippen LogP) is 4.83. The lowest BCUT2D eigenvalue weighted by atomic mass is 9.77. The number of aliphatic hydroxyl groups is 1. The minimum Gasteiger partial charge on any atom is -0.384 e. The van der Waals surface area contributed by atoms with Crippen molar-refractivity contribution in [3.05, 3.63) is 70.0 Å². The molecule has 1 fully saturated rings. The van der Waals surface area contributed by atoms with Crippen LogP contribution in [0.3, 0.4) is 0 Å². The molecule has 0 saturated heterocycles. The quantitative estimate of drug-likeness (QED) is 0.858. The summed E-state index contributed by atoms with van der Waals surface area (Å²) in [7, 11) is 0. The van der Waals surface area contributed by atoms with Crippen molar-refractivity contribution in [3.8, 4) is 0 Å². The van der Waals surface area contributed by atoms with Gasteiger partial charge in [-0.1, -0.05) is 48.4 Å². The Morgan fingerprint density at radius 1 is 1.10 bits per heavy atom. The van der Waals surface area contributed by atoms with E-state index in [0.29, 0.717) is 10.9 Å². The number of rotatable bonds is 3. The molecule has 3 rings (SSSR count). The Hall–Kier alpha value is -1.38. The Morgan fingerprint density at radius 2 is 1.85 bits per heavy atom. The standard InChI is InChI=1S/C17H16ClFO/c18-12-8-9-15(16(19)10-12)17(20)14-7-2-1-6-13(14)11-4-3-5-11/h1-2,6-11,17,20H,3-5H2. The van der Waals surface area contributed by atoms with E-state index in [0.717, 1.165) is 24.0 Å². The maximum atomic E-state index is 14.0. The molecule has 1 atom stereocenters. The van der Waals surface area contributed by atoms with Gasteiger partial charge in [0, 0.05) is 10.6 Å². The first kappa shape index (κ1) is 13.6. The molecule has 0 heterocycles. The van der Waals surface area contributed by atoms with Crippen molar-refractivity contribution >= 4 is 11.6 Å². The van der Waals surface area contributed by atoms with Crippen LogP contribution in [-0.4, -0.2) is 5.11 Å². The van der Waals surface area contributed by atoms with E-state index in [2.05, 4.69) is 0 Å². The van der Waals surface area contributed by atoms with Gasteiger partial charge in [-0.25, -0.2) is 4.39 Å². The summed E-state index contributed by atoms with van der Waals surface area (Å²) in [6.45, 7) is 0. The molecule has 0 radical (unpaired) electrons. The molecular formula is C17H16ClFO. The van der Waals surface area contributed by atoms with Gasteiger partial charge >= 0.3 is 0 Å². The maximum Gasteiger partial charge on any atom is 0.130 e. The summed E-state index contributed by atoms with van der Waals surface area (Å²) in [5, 5.41) is 10.9. The highest BCUT2D eigenvalue weighted by Gasteiger charge is 2.25. The minimum atomic E-state index is -0.941. The lowest BCUT2D eigenvalue weighted by Gasteiger charge is -2.29. The van der Waals surface area contributed by atoms with Crippen LogP contribution >= 0.6 is 11.6 Å². The van der Waals surface area contributed by atoms with Crippen molar-refractivity contribution in [2.75, 3.05) is 0 Å². The summed E-state index contributed by atoms with van der Waals surface area (Å²) in [6.07, 6.45) is 2.58. The molecule has 3 heteroatoms. The summed E-state index contributed by atoms with van der Waals surface area (Å²) >= 11 is 5.76. The Kier molecular flexibility index (Phi) is 3.77. The van der Waals surface area contributed by atoms with Gasteiger partial charge in [-0.15, -0.1) is 0 Å². The topological polar surface area (TPSA) is 20.2 Å². The highest BCUT2D eigenvalue weighted by Crippen LogP contribution is 2.40. The fourth-order valence-electron chi connectivity index (χ4n) is 2.74. The second kappa shape index (κ2) is 5.55. The zero-order chi connectivity index (χ0) is 14.1. The molecule has 0 spiro atoms. The maximum absolute atomic E-state index is 14.0. The van der Waals surface area contributed by atoms with Gasteiger partial charge in [-0.3, -0.25) is 0 Å². The first-order valence-electron chi connectivity index (χ1n) is 6.88. The Morgan fingerprint density at radius 3 is 2.50 bits per heavy atom. The fourth-order valence-corrected chi connectivity index (χ4v) is 2.90. The largest absolute Gasteiger partial charge is 0.384 e. The monoisotopic (exact) mass is 290 g/mol. The first-order chi connectivity index (χ1) is 9.66. The summed E-state index contributed by atoms with van der Waals surface area (Å²) in [4.78, 5) is 0. The van der Waals surface area contributed by atoms with Gasteiger partial charge in [0.25, 0.3) is 0 Å². The molecule has 1 saturated carbocycles. The third kappa shape index (κ3) is 2.46. The van der Waals surface area contributed by atoms with Crippen LogP contribution in [0.15, 0.2) is 42.5 Å². The van der Waals surface area contributed by atoms with Crippen molar-refractivity contribution in [3.63, 3.8) is 0 Å². The van der Waals surface area contributed by atoms with Crippen LogP contribution in [0, 0.1) is 5.82 Å². The third-order valence-electron chi connectivity index (χ3n) is 4.09. The molecule has 0 aromatic heterocycles. The SMILES string of the molecule is OC(c1ccc(Cl)cc1F)c1ccccc1C1CCC1. The number of hydrogen-bond acceptors (Lipinski definition) is 1. The van der Waals surface area contributed by atoms with E-state index in [1.165, 1.54) is 12.5 Å². The Bertz CT molecular complexity index is 622. The van der Waals surface area contributed by atoms with E-state index < -0.39 is 11.9 Å². The summed E-state index contributed by atoms with van der Waals surface area (Å²) in [6, 6.07) is 12.2. The van der Waals surface area contributed by atoms with Crippen LogP contribution in [0.2, 0.25) is 5.02 Å². The average Bonchev–Trinajstić information content (AvgIpc) is 2.37. The van der Waals surface area contributed by atoms with E-state index in [1.54, 1.807) is 12.1 Å². The molecule has 0 aliphatic heterocycles. The number of halogens is 2. The molecule has 1 nitrogen and oxygen atoms in total. The van der Waals surface area contributed by atoms with Crippen LogP contribution in [0.5, 0.6) is 0 Å². The van der Waals surface area contributed by atoms with Crippen LogP contribution in [0.1, 0.15) is 48.0 Å². The van der Waals surface area contributed by atoms with Crippen LogP contribution in [0.25, 0.3) is 0 Å². The summed E-state index contributed by atoms with van der Waals surface area (Å²) in [5.74, 6) is 0.0321. The normalized spacial score (nSPS) is 16.8. The van der Waals surface area contributed by atoms with E-state index in [9.17, 15) is 9.50 Å². The smallest absolute Gasteiger partial charge is 0.130 e. The number of benzene rings is 2. The van der Waals surface area contributed by atoms with E-state index in [-0.39, 0.29) is 5.56 Å². The number of hydrogen-bond donors (Lipinski definition) is 1. The molecule has 0 amide bonds. The fraction of sp³-hybridized carbons (Fsp3) is 0.294. The van der Waals surface area contributed by atoms with Gasteiger partial charge in [0.2, 0.25) is 0 Å². The Labute approximate surface area is 123 Å². The van der Waals surface area contributed by atoms with Gasteiger partial charge in [0.1, 0.15) is 11.9 Å². The summed E-state index contributed by atoms with van der Waals surface area (Å²) in [5.41, 5.74) is 2.22. The van der Waals surface area contributed by atoms with Crippen LogP contribution in [-0.2, 0) is 0 Å². The van der Waals surface area contributed by atoms with E-state index in [4.69, 9.17) is 11.6 Å². The lowest BCUT2D eigenvalue weighted by molar-refractivity contribution is 0.212. The van der Waals surface area contributed by atoms with Crippen molar-refractivity contribution in [1.29, 1.82) is 0 Å². The van der Waals surface area contributed by atoms with Gasteiger partial charge in [0.15, 0.2) is 0 Å². The predicted molar refractivity (Wildman–Crippen MR) is 78.5 cm³/mol. The molecular weight excluding hydrogens is 275 g/mol. The van der Waals surface area contributed by atoms with Gasteiger partial charge in [-0.05, 0) is 42.0 Å². The molecule has 1 aliphatic rings. The summed E-state index contributed by atoms with van der Waals surface area (Å²) < 4.78 is 14.0. The molecule has 1 N–H and O–H groups in total. The van der Waals surface area contributed by atoms with Gasteiger partial charge in [-0.2, -0.15) is 0 Å². The van der Waals surface area contributed by atoms with Crippen LogP contribution < -0.4 is 0 Å². The molecule has 0 bridgehead atoms. The minimum absolute atomic E-state index is 0.279. The zero-order valence-corrected chi connectivity index (χ0v) is 11.8. The molecule has 2 aromatic carbocycles. The molecule has 104 valence electrons. The van der Waals surface area contributed by atoms with Crippen LogP contribution in [0.4, 0.5) is 4.39 Å². The van der Waals surface area contributed by atoms with Crippen molar-refractivity contribution in [1.82, 2.24) is 0 Å². The van der Waals surface area contributed by atoms with E-state index >= 15 is 0 Å². The Balaban J connectivity index is 1.99. The molecule has 1 aliphatic carbocycles. The average molecular weight is 291 g/mol. The molecule has 2 aromatic rings. The van der Waals surface area contributed by atoms with Gasteiger partial charge in [0.05, 0.1) is 0 Å². The van der Waals surface area contributed by atoms with E-state index in [1.807, 2.05) is 24.3 Å². The second-order valence-electron chi connectivity index (χ2n) is 5.33. The molecule has 20 heavy (non-hydrogen) atoms.